The third kappa shape index (κ3) is 4.98. The van der Waals surface area contributed by atoms with Gasteiger partial charge in [0.15, 0.2) is 0 Å². The summed E-state index contributed by atoms with van der Waals surface area (Å²) < 4.78 is 22.3. The molecule has 0 saturated carbocycles. The van der Waals surface area contributed by atoms with Gasteiger partial charge in [-0.25, -0.2) is 13.6 Å². The van der Waals surface area contributed by atoms with E-state index in [4.69, 9.17) is 5.14 Å². The van der Waals surface area contributed by atoms with E-state index in [-0.39, 0.29) is 17.1 Å². The van der Waals surface area contributed by atoms with E-state index in [9.17, 15) is 18.3 Å². The molecule has 23 heavy (non-hydrogen) atoms. The van der Waals surface area contributed by atoms with Crippen LogP contribution in [0.15, 0.2) is 47.4 Å². The van der Waals surface area contributed by atoms with Crippen LogP contribution in [0.4, 0.5) is 5.69 Å². The van der Waals surface area contributed by atoms with E-state index in [1.807, 2.05) is 6.26 Å². The average molecular weight is 352 g/mol. The van der Waals surface area contributed by atoms with E-state index in [1.54, 1.807) is 30.3 Å². The van der Waals surface area contributed by atoms with Crippen molar-refractivity contribution < 1.29 is 18.3 Å². The fourth-order valence-corrected chi connectivity index (χ4v) is 3.08. The van der Waals surface area contributed by atoms with Crippen molar-refractivity contribution >= 4 is 33.4 Å². The Morgan fingerprint density at radius 2 is 2.00 bits per heavy atom. The van der Waals surface area contributed by atoms with Crippen LogP contribution in [0.5, 0.6) is 5.75 Å². The van der Waals surface area contributed by atoms with Gasteiger partial charge in [-0.05, 0) is 42.2 Å². The molecular formula is C15H16N2O4S2. The summed E-state index contributed by atoms with van der Waals surface area (Å²) in [5.74, 6) is -0.920. The number of nitrogens with two attached hydrogens (primary N) is 1. The number of aromatic hydroxyl groups is 1. The van der Waals surface area contributed by atoms with Crippen LogP contribution in [0.25, 0.3) is 0 Å². The van der Waals surface area contributed by atoms with Crippen molar-refractivity contribution in [2.45, 2.75) is 10.6 Å². The van der Waals surface area contributed by atoms with E-state index in [1.165, 1.54) is 23.9 Å². The first kappa shape index (κ1) is 17.3. The second-order valence-corrected chi connectivity index (χ2v) is 7.34. The van der Waals surface area contributed by atoms with Gasteiger partial charge in [-0.3, -0.25) is 4.79 Å². The van der Waals surface area contributed by atoms with Crippen LogP contribution in [0.1, 0.15) is 15.9 Å². The number of amides is 1. The van der Waals surface area contributed by atoms with Crippen molar-refractivity contribution in [1.29, 1.82) is 0 Å². The molecule has 2 rings (SSSR count). The molecule has 8 heteroatoms. The predicted molar refractivity (Wildman–Crippen MR) is 91.1 cm³/mol. The summed E-state index contributed by atoms with van der Waals surface area (Å²) in [5, 5.41) is 17.5. The minimum Gasteiger partial charge on any atom is -0.507 e. The standard InChI is InChI=1S/C15H16N2O4S2/c1-22-12-5-6-14(18)13(8-12)15(19)17-11-4-2-3-10(7-11)9-23(16,20)21/h2-8,18H,9H2,1H3,(H,17,19)(H2,16,20,21). The maximum absolute atomic E-state index is 12.3. The lowest BCUT2D eigenvalue weighted by atomic mass is 10.1. The van der Waals surface area contributed by atoms with Crippen molar-refractivity contribution in [3.05, 3.63) is 53.6 Å². The molecule has 2 aromatic carbocycles. The van der Waals surface area contributed by atoms with Crippen LogP contribution in [-0.4, -0.2) is 25.7 Å². The molecule has 1 amide bonds. The molecule has 0 aliphatic heterocycles. The molecule has 0 spiro atoms. The van der Waals surface area contributed by atoms with Gasteiger partial charge in [-0.2, -0.15) is 0 Å². The number of thioether (sulfide) groups is 1. The molecule has 0 atom stereocenters. The summed E-state index contributed by atoms with van der Waals surface area (Å²) in [6.07, 6.45) is 1.87. The highest BCUT2D eigenvalue weighted by atomic mass is 32.2. The maximum Gasteiger partial charge on any atom is 0.259 e. The van der Waals surface area contributed by atoms with Crippen LogP contribution in [-0.2, 0) is 15.8 Å². The minimum absolute atomic E-state index is 0.124. The molecule has 0 aliphatic rings. The first-order chi connectivity index (χ1) is 10.8. The number of sulfonamides is 1. The Morgan fingerprint density at radius 1 is 1.26 bits per heavy atom. The largest absolute Gasteiger partial charge is 0.507 e. The van der Waals surface area contributed by atoms with Crippen molar-refractivity contribution in [3.8, 4) is 5.75 Å². The number of phenolic OH excluding ortho intramolecular Hbond substituents is 1. The molecule has 0 saturated heterocycles. The molecule has 0 aromatic heterocycles. The number of hydrogen-bond acceptors (Lipinski definition) is 5. The number of carbonyl (C=O) groups is 1. The maximum atomic E-state index is 12.3. The highest BCUT2D eigenvalue weighted by Crippen LogP contribution is 2.25. The Balaban J connectivity index is 2.22. The number of benzene rings is 2. The third-order valence-electron chi connectivity index (χ3n) is 3.00. The number of anilines is 1. The van der Waals surface area contributed by atoms with E-state index in [0.717, 1.165) is 4.90 Å². The monoisotopic (exact) mass is 352 g/mol. The van der Waals surface area contributed by atoms with Crippen LogP contribution >= 0.6 is 11.8 Å². The Kier molecular flexibility index (Phi) is 5.30. The SMILES string of the molecule is CSc1ccc(O)c(C(=O)Nc2cccc(CS(N)(=O)=O)c2)c1. The van der Waals surface area contributed by atoms with Crippen molar-refractivity contribution in [1.82, 2.24) is 0 Å². The summed E-state index contributed by atoms with van der Waals surface area (Å²) in [6.45, 7) is 0. The highest BCUT2D eigenvalue weighted by Gasteiger charge is 2.13. The van der Waals surface area contributed by atoms with Gasteiger partial charge in [0, 0.05) is 10.6 Å². The molecule has 0 fully saturated rings. The van der Waals surface area contributed by atoms with Gasteiger partial charge >= 0.3 is 0 Å². The van der Waals surface area contributed by atoms with E-state index in [2.05, 4.69) is 5.32 Å². The molecule has 2 aromatic rings. The van der Waals surface area contributed by atoms with E-state index < -0.39 is 15.9 Å². The molecular weight excluding hydrogens is 336 g/mol. The number of phenols is 1. The minimum atomic E-state index is -3.65. The third-order valence-corrected chi connectivity index (χ3v) is 4.46. The highest BCUT2D eigenvalue weighted by molar-refractivity contribution is 7.98. The molecule has 0 bridgehead atoms. The number of hydrogen-bond donors (Lipinski definition) is 3. The van der Waals surface area contributed by atoms with Crippen molar-refractivity contribution in [2.75, 3.05) is 11.6 Å². The Labute approximate surface area is 138 Å². The molecule has 4 N–H and O–H groups in total. The lowest BCUT2D eigenvalue weighted by molar-refractivity contribution is 0.102. The van der Waals surface area contributed by atoms with Crippen LogP contribution in [0, 0.1) is 0 Å². The molecule has 122 valence electrons. The van der Waals surface area contributed by atoms with Crippen molar-refractivity contribution in [3.63, 3.8) is 0 Å². The van der Waals surface area contributed by atoms with Gasteiger partial charge < -0.3 is 10.4 Å². The fraction of sp³-hybridized carbons (Fsp3) is 0.133. The topological polar surface area (TPSA) is 109 Å². The summed E-state index contributed by atoms with van der Waals surface area (Å²) in [6, 6.07) is 11.1. The fourth-order valence-electron chi connectivity index (χ4n) is 1.99. The summed E-state index contributed by atoms with van der Waals surface area (Å²) >= 11 is 1.45. The lowest BCUT2D eigenvalue weighted by Gasteiger charge is -2.09. The summed E-state index contributed by atoms with van der Waals surface area (Å²) in [5.41, 5.74) is 1.03. The van der Waals surface area contributed by atoms with Crippen LogP contribution < -0.4 is 10.5 Å². The predicted octanol–water partition coefficient (Wildman–Crippen LogP) is 2.15. The van der Waals surface area contributed by atoms with Gasteiger partial charge in [0.05, 0.1) is 11.3 Å². The average Bonchev–Trinajstić information content (AvgIpc) is 2.46. The number of rotatable bonds is 5. The van der Waals surface area contributed by atoms with Gasteiger partial charge in [-0.1, -0.05) is 12.1 Å². The lowest BCUT2D eigenvalue weighted by Crippen LogP contribution is -2.15. The molecule has 0 radical (unpaired) electrons. The molecule has 6 nitrogen and oxygen atoms in total. The van der Waals surface area contributed by atoms with E-state index in [0.29, 0.717) is 11.3 Å². The van der Waals surface area contributed by atoms with Gasteiger partial charge in [0.2, 0.25) is 10.0 Å². The number of primary sulfonamides is 1. The Morgan fingerprint density at radius 3 is 2.65 bits per heavy atom. The first-order valence-electron chi connectivity index (χ1n) is 6.56. The van der Waals surface area contributed by atoms with Crippen LogP contribution in [0.3, 0.4) is 0 Å². The smallest absolute Gasteiger partial charge is 0.259 e. The van der Waals surface area contributed by atoms with E-state index >= 15 is 0 Å². The molecule has 0 aliphatic carbocycles. The Hall–Kier alpha value is -2.03. The zero-order valence-electron chi connectivity index (χ0n) is 12.3. The summed E-state index contributed by atoms with van der Waals surface area (Å²) in [7, 11) is -3.65. The second kappa shape index (κ2) is 7.03. The zero-order valence-corrected chi connectivity index (χ0v) is 13.9. The van der Waals surface area contributed by atoms with Crippen LogP contribution in [0.2, 0.25) is 0 Å². The molecule has 0 heterocycles. The normalized spacial score (nSPS) is 11.2. The van der Waals surface area contributed by atoms with Gasteiger partial charge in [-0.15, -0.1) is 11.8 Å². The Bertz CT molecular complexity index is 835. The second-order valence-electron chi connectivity index (χ2n) is 4.84. The molecule has 0 unspecified atom stereocenters. The summed E-state index contributed by atoms with van der Waals surface area (Å²) in [4.78, 5) is 13.1. The number of nitrogens with one attached hydrogen (secondary N) is 1. The van der Waals surface area contributed by atoms with Gasteiger partial charge in [0.1, 0.15) is 5.75 Å². The quantitative estimate of drug-likeness (QED) is 0.714. The van der Waals surface area contributed by atoms with Gasteiger partial charge in [0.25, 0.3) is 5.91 Å². The number of carbonyl (C=O) groups excluding carboxylic acids is 1. The van der Waals surface area contributed by atoms with Crippen molar-refractivity contribution in [2.24, 2.45) is 5.14 Å². The zero-order chi connectivity index (χ0) is 17.0. The first-order valence-corrected chi connectivity index (χ1v) is 9.50.